The van der Waals surface area contributed by atoms with Gasteiger partial charge >= 0.3 is 0 Å². The van der Waals surface area contributed by atoms with Gasteiger partial charge in [-0.3, -0.25) is 4.79 Å². The van der Waals surface area contributed by atoms with E-state index in [2.05, 4.69) is 46.7 Å². The number of anilines is 1. The second kappa shape index (κ2) is 8.10. The van der Waals surface area contributed by atoms with Gasteiger partial charge in [0, 0.05) is 12.0 Å². The highest BCUT2D eigenvalue weighted by atomic mass is 35.5. The minimum absolute atomic E-state index is 0.154. The van der Waals surface area contributed by atoms with Crippen LogP contribution in [0.15, 0.2) is 48.5 Å². The van der Waals surface area contributed by atoms with Crippen LogP contribution < -0.4 is 5.32 Å². The maximum absolute atomic E-state index is 12.1. The van der Waals surface area contributed by atoms with Crippen LogP contribution in [0, 0.1) is 0 Å². The zero-order chi connectivity index (χ0) is 18.5. The molecule has 0 unspecified atom stereocenters. The molecule has 134 valence electrons. The first-order chi connectivity index (χ1) is 12.5. The third-order valence-corrected chi connectivity index (χ3v) is 4.30. The standard InChI is InChI=1S/C19H20ClN5O/c1-13(2)14-7-9-15(10-8-14)19-22-24-25(23-19)12-11-18(26)21-17-6-4-3-5-16(17)20/h3-10,13H,11-12H2,1-2H3,(H,21,26). The van der Waals surface area contributed by atoms with Crippen LogP contribution in [0.1, 0.15) is 31.7 Å². The lowest BCUT2D eigenvalue weighted by molar-refractivity contribution is -0.116. The largest absolute Gasteiger partial charge is 0.325 e. The van der Waals surface area contributed by atoms with E-state index in [4.69, 9.17) is 11.6 Å². The first kappa shape index (κ1) is 18.1. The number of nitrogens with zero attached hydrogens (tertiary/aromatic N) is 4. The number of hydrogen-bond donors (Lipinski definition) is 1. The van der Waals surface area contributed by atoms with E-state index in [1.165, 1.54) is 10.4 Å². The second-order valence-electron chi connectivity index (χ2n) is 6.26. The van der Waals surface area contributed by atoms with Crippen LogP contribution in [0.3, 0.4) is 0 Å². The van der Waals surface area contributed by atoms with Crippen molar-refractivity contribution >= 4 is 23.2 Å². The maximum atomic E-state index is 12.1. The summed E-state index contributed by atoms with van der Waals surface area (Å²) in [5, 5.41) is 15.7. The van der Waals surface area contributed by atoms with Crippen LogP contribution in [0.25, 0.3) is 11.4 Å². The van der Waals surface area contributed by atoms with Crippen molar-refractivity contribution in [3.63, 3.8) is 0 Å². The molecule has 1 heterocycles. The molecule has 3 rings (SSSR count). The summed E-state index contributed by atoms with van der Waals surface area (Å²) < 4.78 is 0. The molecule has 1 N–H and O–H groups in total. The van der Waals surface area contributed by atoms with Gasteiger partial charge in [-0.05, 0) is 28.8 Å². The molecule has 7 heteroatoms. The van der Waals surface area contributed by atoms with Gasteiger partial charge in [0.1, 0.15) is 0 Å². The van der Waals surface area contributed by atoms with Crippen LogP contribution in [-0.2, 0) is 11.3 Å². The van der Waals surface area contributed by atoms with Crippen LogP contribution in [0.4, 0.5) is 5.69 Å². The molecule has 0 atom stereocenters. The van der Waals surface area contributed by atoms with Gasteiger partial charge < -0.3 is 5.32 Å². The summed E-state index contributed by atoms with van der Waals surface area (Å²) in [7, 11) is 0. The zero-order valence-corrected chi connectivity index (χ0v) is 15.4. The van der Waals surface area contributed by atoms with Crippen molar-refractivity contribution in [2.45, 2.75) is 32.7 Å². The van der Waals surface area contributed by atoms with Gasteiger partial charge in [-0.1, -0.05) is 61.8 Å². The molecule has 0 aliphatic heterocycles. The van der Waals surface area contributed by atoms with Crippen molar-refractivity contribution in [1.29, 1.82) is 0 Å². The van der Waals surface area contributed by atoms with E-state index in [9.17, 15) is 4.79 Å². The maximum Gasteiger partial charge on any atom is 0.226 e. The van der Waals surface area contributed by atoms with E-state index in [0.29, 0.717) is 29.0 Å². The summed E-state index contributed by atoms with van der Waals surface area (Å²) in [6, 6.07) is 15.2. The molecule has 2 aromatic carbocycles. The third-order valence-electron chi connectivity index (χ3n) is 3.98. The minimum atomic E-state index is -0.154. The molecule has 0 aliphatic carbocycles. The van der Waals surface area contributed by atoms with E-state index >= 15 is 0 Å². The predicted molar refractivity (Wildman–Crippen MR) is 102 cm³/mol. The zero-order valence-electron chi connectivity index (χ0n) is 14.7. The number of rotatable bonds is 6. The smallest absolute Gasteiger partial charge is 0.226 e. The molecule has 6 nitrogen and oxygen atoms in total. The number of benzene rings is 2. The first-order valence-electron chi connectivity index (χ1n) is 8.45. The molecule has 0 saturated heterocycles. The lowest BCUT2D eigenvalue weighted by atomic mass is 10.0. The normalized spacial score (nSPS) is 10.9. The van der Waals surface area contributed by atoms with E-state index in [1.54, 1.807) is 12.1 Å². The summed E-state index contributed by atoms with van der Waals surface area (Å²) in [6.07, 6.45) is 0.229. The van der Waals surface area contributed by atoms with Crippen LogP contribution in [-0.4, -0.2) is 26.1 Å². The number of tetrazole rings is 1. The number of nitrogens with one attached hydrogen (secondary N) is 1. The van der Waals surface area contributed by atoms with Gasteiger partial charge in [0.05, 0.1) is 17.3 Å². The number of aromatic nitrogens is 4. The highest BCUT2D eigenvalue weighted by molar-refractivity contribution is 6.33. The summed E-state index contributed by atoms with van der Waals surface area (Å²) in [6.45, 7) is 4.64. The van der Waals surface area contributed by atoms with Crippen molar-refractivity contribution in [2.24, 2.45) is 0 Å². The summed E-state index contributed by atoms with van der Waals surface area (Å²) in [5.41, 5.74) is 2.76. The summed E-state index contributed by atoms with van der Waals surface area (Å²) in [5.74, 6) is 0.870. The number of hydrogen-bond acceptors (Lipinski definition) is 4. The molecule has 1 aromatic heterocycles. The number of halogens is 1. The monoisotopic (exact) mass is 369 g/mol. The van der Waals surface area contributed by atoms with Crippen LogP contribution in [0.5, 0.6) is 0 Å². The van der Waals surface area contributed by atoms with E-state index in [-0.39, 0.29) is 12.3 Å². The molecule has 26 heavy (non-hydrogen) atoms. The number of amides is 1. The fourth-order valence-corrected chi connectivity index (χ4v) is 2.63. The molecular formula is C19H20ClN5O. The Hall–Kier alpha value is -2.73. The van der Waals surface area contributed by atoms with Gasteiger partial charge in [-0.2, -0.15) is 4.80 Å². The second-order valence-corrected chi connectivity index (χ2v) is 6.67. The topological polar surface area (TPSA) is 72.7 Å². The van der Waals surface area contributed by atoms with Crippen LogP contribution >= 0.6 is 11.6 Å². The Morgan fingerprint density at radius 1 is 1.15 bits per heavy atom. The Labute approximate surface area is 157 Å². The van der Waals surface area contributed by atoms with E-state index in [1.807, 2.05) is 24.3 Å². The SMILES string of the molecule is CC(C)c1ccc(-c2nnn(CCC(=O)Nc3ccccc3Cl)n2)cc1. The van der Waals surface area contributed by atoms with Crippen molar-refractivity contribution in [2.75, 3.05) is 5.32 Å². The molecule has 0 spiro atoms. The van der Waals surface area contributed by atoms with Gasteiger partial charge in [0.25, 0.3) is 0 Å². The molecule has 1 amide bonds. The molecular weight excluding hydrogens is 350 g/mol. The molecule has 0 aliphatic rings. The van der Waals surface area contributed by atoms with Gasteiger partial charge in [-0.15, -0.1) is 10.2 Å². The lowest BCUT2D eigenvalue weighted by Crippen LogP contribution is -2.15. The molecule has 0 fully saturated rings. The van der Waals surface area contributed by atoms with Gasteiger partial charge in [0.2, 0.25) is 11.7 Å². The Morgan fingerprint density at radius 3 is 2.58 bits per heavy atom. The third kappa shape index (κ3) is 4.46. The Morgan fingerprint density at radius 2 is 1.88 bits per heavy atom. The van der Waals surface area contributed by atoms with E-state index < -0.39 is 0 Å². The number of carbonyl (C=O) groups excluding carboxylic acids is 1. The van der Waals surface area contributed by atoms with Crippen molar-refractivity contribution < 1.29 is 4.79 Å². The number of para-hydroxylation sites is 1. The molecule has 0 bridgehead atoms. The highest BCUT2D eigenvalue weighted by Gasteiger charge is 2.09. The van der Waals surface area contributed by atoms with Crippen molar-refractivity contribution in [3.05, 3.63) is 59.1 Å². The number of carbonyl (C=O) groups is 1. The van der Waals surface area contributed by atoms with Gasteiger partial charge in [-0.25, -0.2) is 0 Å². The molecule has 3 aromatic rings. The summed E-state index contributed by atoms with van der Waals surface area (Å²) >= 11 is 6.03. The minimum Gasteiger partial charge on any atom is -0.325 e. The Kier molecular flexibility index (Phi) is 5.63. The van der Waals surface area contributed by atoms with Gasteiger partial charge in [0.15, 0.2) is 0 Å². The van der Waals surface area contributed by atoms with Crippen LogP contribution in [0.2, 0.25) is 5.02 Å². The lowest BCUT2D eigenvalue weighted by Gasteiger charge is -2.06. The average Bonchev–Trinajstić information content (AvgIpc) is 3.11. The predicted octanol–water partition coefficient (Wildman–Crippen LogP) is 4.15. The summed E-state index contributed by atoms with van der Waals surface area (Å²) in [4.78, 5) is 13.5. The quantitative estimate of drug-likeness (QED) is 0.708. The van der Waals surface area contributed by atoms with Crippen molar-refractivity contribution in [3.8, 4) is 11.4 Å². The van der Waals surface area contributed by atoms with Crippen molar-refractivity contribution in [1.82, 2.24) is 20.2 Å². The highest BCUT2D eigenvalue weighted by Crippen LogP contribution is 2.21. The average molecular weight is 370 g/mol. The van der Waals surface area contributed by atoms with E-state index in [0.717, 1.165) is 5.56 Å². The Balaban J connectivity index is 1.58. The first-order valence-corrected chi connectivity index (χ1v) is 8.83. The fourth-order valence-electron chi connectivity index (χ4n) is 2.45. The molecule has 0 radical (unpaired) electrons. The Bertz CT molecular complexity index is 889. The number of aryl methyl sites for hydroxylation is 1. The molecule has 0 saturated carbocycles. The fraction of sp³-hybridized carbons (Fsp3) is 0.263.